The molecule has 0 saturated carbocycles. The van der Waals surface area contributed by atoms with E-state index in [0.717, 1.165) is 6.42 Å². The average molecular weight is 375 g/mol. The molecule has 1 aliphatic carbocycles. The second kappa shape index (κ2) is 6.51. The van der Waals surface area contributed by atoms with Crippen LogP contribution in [-0.4, -0.2) is 29.7 Å². The molecule has 0 unspecified atom stereocenters. The van der Waals surface area contributed by atoms with Crippen molar-refractivity contribution in [2.75, 3.05) is 13.1 Å². The van der Waals surface area contributed by atoms with Crippen molar-refractivity contribution in [1.29, 1.82) is 5.26 Å². The Morgan fingerprint density at radius 2 is 2.15 bits per heavy atom. The number of nitrogens with zero attached hydrogens (tertiary/aromatic N) is 2. The number of hydrogen-bond acceptors (Lipinski definition) is 3. The molecule has 1 amide bonds. The van der Waals surface area contributed by atoms with Crippen molar-refractivity contribution in [3.05, 3.63) is 46.3 Å². The van der Waals surface area contributed by atoms with Crippen molar-refractivity contribution in [3.8, 4) is 6.07 Å². The maximum atomic E-state index is 13.6. The number of nitriles is 1. The van der Waals surface area contributed by atoms with E-state index in [1.807, 2.05) is 19.9 Å². The molecule has 1 atom stereocenters. The van der Waals surface area contributed by atoms with Crippen molar-refractivity contribution in [1.82, 2.24) is 4.90 Å². The number of ketones is 1. The molecular formula is C20H20ClFN2O2. The molecule has 1 aliphatic heterocycles. The van der Waals surface area contributed by atoms with Gasteiger partial charge in [0.05, 0.1) is 17.0 Å². The first-order valence-electron chi connectivity index (χ1n) is 8.55. The van der Waals surface area contributed by atoms with Gasteiger partial charge in [-0.05, 0) is 30.5 Å². The van der Waals surface area contributed by atoms with Gasteiger partial charge in [0, 0.05) is 23.9 Å². The van der Waals surface area contributed by atoms with Gasteiger partial charge in [0.2, 0.25) is 5.91 Å². The molecule has 0 N–H and O–H groups in total. The summed E-state index contributed by atoms with van der Waals surface area (Å²) in [6.45, 7) is 4.74. The summed E-state index contributed by atoms with van der Waals surface area (Å²) < 4.78 is 13.6. The first kappa shape index (κ1) is 18.6. The summed E-state index contributed by atoms with van der Waals surface area (Å²) in [5.74, 6) is -0.763. The minimum atomic E-state index is -0.613. The highest BCUT2D eigenvalue weighted by molar-refractivity contribution is 6.30. The van der Waals surface area contributed by atoms with Crippen LogP contribution in [0.1, 0.15) is 32.3 Å². The number of carbonyl (C=O) groups is 2. The van der Waals surface area contributed by atoms with E-state index in [1.165, 1.54) is 12.1 Å². The zero-order valence-corrected chi connectivity index (χ0v) is 15.6. The quantitative estimate of drug-likeness (QED) is 0.793. The third-order valence-electron chi connectivity index (χ3n) is 5.30. The van der Waals surface area contributed by atoms with Crippen LogP contribution in [0.4, 0.5) is 4.39 Å². The van der Waals surface area contributed by atoms with Gasteiger partial charge < -0.3 is 4.90 Å². The largest absolute Gasteiger partial charge is 0.342 e. The highest BCUT2D eigenvalue weighted by atomic mass is 35.5. The molecule has 1 saturated heterocycles. The lowest BCUT2D eigenvalue weighted by Crippen LogP contribution is -2.41. The number of amides is 1. The Bertz CT molecular complexity index is 856. The molecule has 1 aromatic rings. The normalized spacial score (nSPS) is 24.5. The topological polar surface area (TPSA) is 61.2 Å². The Morgan fingerprint density at radius 1 is 1.42 bits per heavy atom. The molecule has 2 aliphatic rings. The zero-order chi connectivity index (χ0) is 19.1. The molecule has 4 nitrogen and oxygen atoms in total. The van der Waals surface area contributed by atoms with Gasteiger partial charge in [-0.1, -0.05) is 37.6 Å². The van der Waals surface area contributed by atoms with E-state index in [-0.39, 0.29) is 34.1 Å². The number of Topliss-reactive ketones (excluding diaryl/α,β-unsaturated/α-hetero) is 1. The van der Waals surface area contributed by atoms with E-state index in [0.29, 0.717) is 25.1 Å². The van der Waals surface area contributed by atoms with Gasteiger partial charge in [0.25, 0.3) is 0 Å². The zero-order valence-electron chi connectivity index (χ0n) is 14.8. The van der Waals surface area contributed by atoms with Gasteiger partial charge in [-0.15, -0.1) is 0 Å². The number of benzene rings is 1. The lowest BCUT2D eigenvalue weighted by molar-refractivity contribution is -0.129. The van der Waals surface area contributed by atoms with Crippen LogP contribution in [0.15, 0.2) is 29.8 Å². The average Bonchev–Trinajstić information content (AvgIpc) is 2.97. The smallest absolute Gasteiger partial charge is 0.227 e. The van der Waals surface area contributed by atoms with E-state index in [1.54, 1.807) is 17.0 Å². The van der Waals surface area contributed by atoms with Gasteiger partial charge in [-0.25, -0.2) is 4.39 Å². The van der Waals surface area contributed by atoms with Crippen molar-refractivity contribution < 1.29 is 14.0 Å². The van der Waals surface area contributed by atoms with E-state index < -0.39 is 11.2 Å². The number of rotatable bonds is 2. The number of hydrogen-bond donors (Lipinski definition) is 0. The molecule has 1 fully saturated rings. The van der Waals surface area contributed by atoms with Crippen LogP contribution in [0.5, 0.6) is 0 Å². The highest BCUT2D eigenvalue weighted by Gasteiger charge is 2.48. The molecule has 136 valence electrons. The Kier molecular flexibility index (Phi) is 4.66. The predicted molar refractivity (Wildman–Crippen MR) is 95.8 cm³/mol. The molecule has 1 heterocycles. The first-order valence-corrected chi connectivity index (χ1v) is 8.93. The van der Waals surface area contributed by atoms with Crippen molar-refractivity contribution in [2.45, 2.75) is 33.1 Å². The number of halogens is 2. The lowest BCUT2D eigenvalue weighted by Gasteiger charge is -2.38. The van der Waals surface area contributed by atoms with Crippen LogP contribution in [0.25, 0.3) is 0 Å². The monoisotopic (exact) mass is 374 g/mol. The van der Waals surface area contributed by atoms with Crippen LogP contribution in [0.3, 0.4) is 0 Å². The van der Waals surface area contributed by atoms with Crippen molar-refractivity contribution in [3.63, 3.8) is 0 Å². The Morgan fingerprint density at radius 3 is 2.81 bits per heavy atom. The van der Waals surface area contributed by atoms with Crippen LogP contribution in [0.2, 0.25) is 5.02 Å². The molecule has 0 aromatic heterocycles. The van der Waals surface area contributed by atoms with Gasteiger partial charge in [-0.3, -0.25) is 9.59 Å². The van der Waals surface area contributed by atoms with Gasteiger partial charge in [0.1, 0.15) is 11.9 Å². The Hall–Kier alpha value is -2.19. The standard InChI is InChI=1S/C20H20ClFN2O2/c1-19(2)11-20(9-14(10-23)18(19)26)5-6-24(12-20)17(25)8-13-3-4-15(21)16(22)7-13/h3-4,7,9H,5-6,8,11-12H2,1-2H3/t20-/m1/s1. The fourth-order valence-electron chi connectivity index (χ4n) is 4.14. The highest BCUT2D eigenvalue weighted by Crippen LogP contribution is 2.47. The second-order valence-corrected chi connectivity index (χ2v) is 8.32. The molecule has 3 rings (SSSR count). The van der Waals surface area contributed by atoms with Gasteiger partial charge in [-0.2, -0.15) is 5.26 Å². The van der Waals surface area contributed by atoms with E-state index in [4.69, 9.17) is 11.6 Å². The van der Waals surface area contributed by atoms with Crippen LogP contribution < -0.4 is 0 Å². The molecule has 26 heavy (non-hydrogen) atoms. The summed E-state index contributed by atoms with van der Waals surface area (Å²) in [6.07, 6.45) is 3.19. The van der Waals surface area contributed by atoms with E-state index >= 15 is 0 Å². The molecule has 1 aromatic carbocycles. The fraction of sp³-hybridized carbons (Fsp3) is 0.450. The third-order valence-corrected chi connectivity index (χ3v) is 5.61. The summed E-state index contributed by atoms with van der Waals surface area (Å²) in [7, 11) is 0. The summed E-state index contributed by atoms with van der Waals surface area (Å²) >= 11 is 5.68. The maximum absolute atomic E-state index is 13.6. The maximum Gasteiger partial charge on any atom is 0.227 e. The molecule has 0 radical (unpaired) electrons. The van der Waals surface area contributed by atoms with E-state index in [2.05, 4.69) is 0 Å². The van der Waals surface area contributed by atoms with Crippen molar-refractivity contribution in [2.24, 2.45) is 10.8 Å². The third kappa shape index (κ3) is 3.39. The van der Waals surface area contributed by atoms with Crippen LogP contribution >= 0.6 is 11.6 Å². The van der Waals surface area contributed by atoms with Crippen molar-refractivity contribution >= 4 is 23.3 Å². The summed E-state index contributed by atoms with van der Waals surface area (Å²) in [4.78, 5) is 26.7. The SMILES string of the molecule is CC1(C)C[C@]2(C=C(C#N)C1=O)CCN(C(=O)Cc1ccc(Cl)c(F)c1)C2. The van der Waals surface area contributed by atoms with Gasteiger partial charge >= 0.3 is 0 Å². The van der Waals surface area contributed by atoms with Crippen LogP contribution in [-0.2, 0) is 16.0 Å². The number of carbonyl (C=O) groups excluding carboxylic acids is 2. The van der Waals surface area contributed by atoms with Gasteiger partial charge in [0.15, 0.2) is 5.78 Å². The second-order valence-electron chi connectivity index (χ2n) is 7.91. The minimum absolute atomic E-state index is 0.0320. The molecule has 6 heteroatoms. The Labute approximate surface area is 157 Å². The fourth-order valence-corrected chi connectivity index (χ4v) is 4.26. The molecule has 0 bridgehead atoms. The summed E-state index contributed by atoms with van der Waals surface area (Å²) in [5, 5.41) is 9.32. The Balaban J connectivity index is 1.76. The first-order chi connectivity index (χ1) is 12.2. The number of likely N-dealkylation sites (tertiary alicyclic amines) is 1. The lowest BCUT2D eigenvalue weighted by atomic mass is 9.64. The summed E-state index contributed by atoms with van der Waals surface area (Å²) in [5.41, 5.74) is -0.192. The minimum Gasteiger partial charge on any atom is -0.342 e. The molecular weight excluding hydrogens is 355 g/mol. The van der Waals surface area contributed by atoms with E-state index in [9.17, 15) is 19.2 Å². The number of allylic oxidation sites excluding steroid dienone is 1. The molecule has 1 spiro atoms. The van der Waals surface area contributed by atoms with Crippen LogP contribution in [0, 0.1) is 28.0 Å². The predicted octanol–water partition coefficient (Wildman–Crippen LogP) is 3.69. The summed E-state index contributed by atoms with van der Waals surface area (Å²) in [6, 6.07) is 6.38.